The Kier molecular flexibility index (Phi) is 4.74. The minimum atomic E-state index is -0.368. The van der Waals surface area contributed by atoms with Crippen molar-refractivity contribution in [2.24, 2.45) is 0 Å². The molecule has 0 aliphatic rings. The third kappa shape index (κ3) is 3.99. The Morgan fingerprint density at radius 2 is 1.70 bits per heavy atom. The van der Waals surface area contributed by atoms with Crippen LogP contribution >= 0.6 is 11.6 Å². The lowest BCUT2D eigenvalue weighted by atomic mass is 10.0. The normalized spacial score (nSPS) is 11.0. The van der Waals surface area contributed by atoms with Gasteiger partial charge in [0, 0.05) is 11.1 Å². The average molecular weight is 323 g/mol. The number of carbonyl (C=O) groups is 1. The second-order valence-electron chi connectivity index (χ2n) is 5.14. The van der Waals surface area contributed by atoms with Crippen LogP contribution in [0, 0.1) is 0 Å². The van der Waals surface area contributed by atoms with Crippen molar-refractivity contribution >= 4 is 34.4 Å². The molecule has 0 unspecified atom stereocenters. The highest BCUT2D eigenvalue weighted by molar-refractivity contribution is 6.30. The Morgan fingerprint density at radius 1 is 0.957 bits per heavy atom. The van der Waals surface area contributed by atoms with Crippen molar-refractivity contribution in [1.82, 2.24) is 0 Å². The monoisotopic (exact) mass is 322 g/mol. The second kappa shape index (κ2) is 7.12. The van der Waals surface area contributed by atoms with Gasteiger partial charge < -0.3 is 4.74 Å². The summed E-state index contributed by atoms with van der Waals surface area (Å²) in [5, 5.41) is 2.91. The molecule has 3 heteroatoms. The largest absolute Gasteiger partial charge is 0.458 e. The molecule has 3 aromatic carbocycles. The van der Waals surface area contributed by atoms with E-state index >= 15 is 0 Å². The molecule has 0 saturated heterocycles. The SMILES string of the molecule is O=C(C=Cc1cccc2ccccc12)OCc1ccc(Cl)cc1. The summed E-state index contributed by atoms with van der Waals surface area (Å²) < 4.78 is 5.23. The van der Waals surface area contributed by atoms with E-state index in [1.165, 1.54) is 6.08 Å². The van der Waals surface area contributed by atoms with Crippen molar-refractivity contribution in [1.29, 1.82) is 0 Å². The first-order chi connectivity index (χ1) is 11.2. The highest BCUT2D eigenvalue weighted by atomic mass is 35.5. The average Bonchev–Trinajstić information content (AvgIpc) is 2.59. The maximum absolute atomic E-state index is 11.9. The maximum atomic E-state index is 11.9. The Hall–Kier alpha value is -2.58. The van der Waals surface area contributed by atoms with E-state index in [-0.39, 0.29) is 12.6 Å². The lowest BCUT2D eigenvalue weighted by Gasteiger charge is -2.03. The first kappa shape index (κ1) is 15.3. The third-order valence-electron chi connectivity index (χ3n) is 3.52. The predicted octanol–water partition coefficient (Wildman–Crippen LogP) is 5.25. The van der Waals surface area contributed by atoms with Crippen LogP contribution in [0.3, 0.4) is 0 Å². The number of hydrogen-bond acceptors (Lipinski definition) is 2. The number of benzene rings is 3. The van der Waals surface area contributed by atoms with E-state index < -0.39 is 0 Å². The van der Waals surface area contributed by atoms with Crippen LogP contribution in [0.15, 0.2) is 72.8 Å². The molecule has 0 amide bonds. The molecule has 0 heterocycles. The summed E-state index contributed by atoms with van der Waals surface area (Å²) in [6, 6.07) is 21.3. The van der Waals surface area contributed by atoms with Gasteiger partial charge in [-0.2, -0.15) is 0 Å². The molecule has 0 aliphatic carbocycles. The number of fused-ring (bicyclic) bond motifs is 1. The summed E-state index contributed by atoms with van der Waals surface area (Å²) >= 11 is 5.82. The summed E-state index contributed by atoms with van der Waals surface area (Å²) in [6.07, 6.45) is 3.24. The molecule has 0 aliphatic heterocycles. The minimum absolute atomic E-state index is 0.232. The van der Waals surface area contributed by atoms with Gasteiger partial charge in [-0.3, -0.25) is 0 Å². The molecule has 23 heavy (non-hydrogen) atoms. The minimum Gasteiger partial charge on any atom is -0.458 e. The van der Waals surface area contributed by atoms with E-state index in [0.29, 0.717) is 5.02 Å². The van der Waals surface area contributed by atoms with Gasteiger partial charge in [-0.05, 0) is 40.1 Å². The van der Waals surface area contributed by atoms with E-state index in [9.17, 15) is 4.79 Å². The van der Waals surface area contributed by atoms with Crippen LogP contribution in [0.25, 0.3) is 16.8 Å². The molecule has 0 atom stereocenters. The summed E-state index contributed by atoms with van der Waals surface area (Å²) in [7, 11) is 0. The molecule has 0 spiro atoms. The molecule has 0 N–H and O–H groups in total. The Balaban J connectivity index is 1.67. The third-order valence-corrected chi connectivity index (χ3v) is 3.77. The molecule has 3 rings (SSSR count). The molecule has 2 nitrogen and oxygen atoms in total. The van der Waals surface area contributed by atoms with Crippen LogP contribution in [0.1, 0.15) is 11.1 Å². The van der Waals surface area contributed by atoms with Crippen molar-refractivity contribution < 1.29 is 9.53 Å². The number of rotatable bonds is 4. The quantitative estimate of drug-likeness (QED) is 0.484. The van der Waals surface area contributed by atoms with Crippen molar-refractivity contribution in [3.05, 3.63) is 89.0 Å². The van der Waals surface area contributed by atoms with E-state index in [4.69, 9.17) is 16.3 Å². The van der Waals surface area contributed by atoms with Crippen molar-refractivity contribution in [2.75, 3.05) is 0 Å². The highest BCUT2D eigenvalue weighted by Gasteiger charge is 2.01. The standard InChI is InChI=1S/C20H15ClO2/c21-18-11-8-15(9-12-18)14-23-20(22)13-10-17-6-3-5-16-4-1-2-7-19(16)17/h1-13H,14H2. The lowest BCUT2D eigenvalue weighted by Crippen LogP contribution is -2.00. The number of carbonyl (C=O) groups excluding carboxylic acids is 1. The molecular formula is C20H15ClO2. The van der Waals surface area contributed by atoms with Gasteiger partial charge in [0.05, 0.1) is 0 Å². The van der Waals surface area contributed by atoms with Gasteiger partial charge in [-0.25, -0.2) is 4.79 Å². The van der Waals surface area contributed by atoms with E-state index in [1.54, 1.807) is 18.2 Å². The van der Waals surface area contributed by atoms with Gasteiger partial charge in [-0.15, -0.1) is 0 Å². The van der Waals surface area contributed by atoms with Crippen molar-refractivity contribution in [2.45, 2.75) is 6.61 Å². The summed E-state index contributed by atoms with van der Waals surface area (Å²) in [4.78, 5) is 11.9. The van der Waals surface area contributed by atoms with Crippen LogP contribution in [-0.4, -0.2) is 5.97 Å². The molecule has 3 aromatic rings. The van der Waals surface area contributed by atoms with Gasteiger partial charge in [-0.1, -0.05) is 66.2 Å². The molecular weight excluding hydrogens is 308 g/mol. The lowest BCUT2D eigenvalue weighted by molar-refractivity contribution is -0.138. The van der Waals surface area contributed by atoms with Crippen LogP contribution < -0.4 is 0 Å². The molecule has 0 bridgehead atoms. The summed E-state index contributed by atoms with van der Waals surface area (Å²) in [5.41, 5.74) is 1.90. The maximum Gasteiger partial charge on any atom is 0.331 e. The zero-order chi connectivity index (χ0) is 16.1. The van der Waals surface area contributed by atoms with Gasteiger partial charge >= 0.3 is 5.97 Å². The topological polar surface area (TPSA) is 26.3 Å². The molecule has 0 fully saturated rings. The van der Waals surface area contributed by atoms with Crippen molar-refractivity contribution in [3.63, 3.8) is 0 Å². The van der Waals surface area contributed by atoms with E-state index in [2.05, 4.69) is 0 Å². The fraction of sp³-hybridized carbons (Fsp3) is 0.0500. The van der Waals surface area contributed by atoms with Crippen molar-refractivity contribution in [3.8, 4) is 0 Å². The Bertz CT molecular complexity index is 846. The van der Waals surface area contributed by atoms with Gasteiger partial charge in [0.25, 0.3) is 0 Å². The van der Waals surface area contributed by atoms with Gasteiger partial charge in [0.15, 0.2) is 0 Å². The van der Waals surface area contributed by atoms with Gasteiger partial charge in [0.1, 0.15) is 6.61 Å². The zero-order valence-corrected chi connectivity index (χ0v) is 13.2. The van der Waals surface area contributed by atoms with Crippen LogP contribution in [-0.2, 0) is 16.1 Å². The number of halogens is 1. The molecule has 0 aromatic heterocycles. The first-order valence-electron chi connectivity index (χ1n) is 7.29. The molecule has 0 saturated carbocycles. The first-order valence-corrected chi connectivity index (χ1v) is 7.67. The Labute approximate surface area is 140 Å². The van der Waals surface area contributed by atoms with Gasteiger partial charge in [0.2, 0.25) is 0 Å². The predicted molar refractivity (Wildman–Crippen MR) is 94.2 cm³/mol. The van der Waals surface area contributed by atoms with E-state index in [0.717, 1.165) is 21.9 Å². The summed E-state index contributed by atoms with van der Waals surface area (Å²) in [5.74, 6) is -0.368. The molecule has 0 radical (unpaired) electrons. The number of ether oxygens (including phenoxy) is 1. The molecule has 114 valence electrons. The number of hydrogen-bond donors (Lipinski definition) is 0. The van der Waals surface area contributed by atoms with Crippen LogP contribution in [0.2, 0.25) is 5.02 Å². The fourth-order valence-electron chi connectivity index (χ4n) is 2.34. The Morgan fingerprint density at radius 3 is 2.52 bits per heavy atom. The number of esters is 1. The van der Waals surface area contributed by atoms with Crippen LogP contribution in [0.5, 0.6) is 0 Å². The summed E-state index contributed by atoms with van der Waals surface area (Å²) in [6.45, 7) is 0.232. The van der Waals surface area contributed by atoms with E-state index in [1.807, 2.05) is 54.6 Å². The second-order valence-corrected chi connectivity index (χ2v) is 5.57. The zero-order valence-electron chi connectivity index (χ0n) is 12.4. The highest BCUT2D eigenvalue weighted by Crippen LogP contribution is 2.19. The van der Waals surface area contributed by atoms with Crippen LogP contribution in [0.4, 0.5) is 0 Å². The smallest absolute Gasteiger partial charge is 0.331 e. The fourth-order valence-corrected chi connectivity index (χ4v) is 2.46.